The minimum absolute atomic E-state index is 0.0228. The second kappa shape index (κ2) is 6.06. The van der Waals surface area contributed by atoms with Gasteiger partial charge in [0.25, 0.3) is 0 Å². The predicted molar refractivity (Wildman–Crippen MR) is 82.2 cm³/mol. The summed E-state index contributed by atoms with van der Waals surface area (Å²) in [7, 11) is 0. The molecule has 20 heavy (non-hydrogen) atoms. The highest BCUT2D eigenvalue weighted by molar-refractivity contribution is 5.38. The molecule has 2 rings (SSSR count). The first kappa shape index (κ1) is 14.5. The van der Waals surface area contributed by atoms with Gasteiger partial charge in [-0.1, -0.05) is 19.9 Å². The van der Waals surface area contributed by atoms with Gasteiger partial charge in [-0.2, -0.15) is 0 Å². The van der Waals surface area contributed by atoms with Crippen LogP contribution in [-0.4, -0.2) is 4.98 Å². The second-order valence-electron chi connectivity index (χ2n) is 5.49. The Bertz CT molecular complexity index is 591. The number of ether oxygens (including phenoxy) is 1. The summed E-state index contributed by atoms with van der Waals surface area (Å²) in [4.78, 5) is 4.23. The van der Waals surface area contributed by atoms with Crippen LogP contribution in [0.15, 0.2) is 36.5 Å². The van der Waals surface area contributed by atoms with E-state index in [0.717, 1.165) is 11.3 Å². The maximum atomic E-state index is 5.87. The molecule has 0 aliphatic rings. The summed E-state index contributed by atoms with van der Waals surface area (Å²) < 4.78 is 5.82. The third kappa shape index (κ3) is 3.36. The average molecular weight is 270 g/mol. The van der Waals surface area contributed by atoms with E-state index in [1.165, 1.54) is 11.1 Å². The van der Waals surface area contributed by atoms with E-state index in [0.29, 0.717) is 11.8 Å². The van der Waals surface area contributed by atoms with Gasteiger partial charge < -0.3 is 10.5 Å². The van der Waals surface area contributed by atoms with Crippen molar-refractivity contribution in [2.24, 2.45) is 5.73 Å². The van der Waals surface area contributed by atoms with Crippen LogP contribution in [-0.2, 0) is 0 Å². The van der Waals surface area contributed by atoms with Crippen molar-refractivity contribution in [3.63, 3.8) is 0 Å². The van der Waals surface area contributed by atoms with Gasteiger partial charge in [0, 0.05) is 18.3 Å². The largest absolute Gasteiger partial charge is 0.439 e. The summed E-state index contributed by atoms with van der Waals surface area (Å²) in [5.41, 5.74) is 9.47. The highest BCUT2D eigenvalue weighted by Gasteiger charge is 2.07. The van der Waals surface area contributed by atoms with E-state index in [9.17, 15) is 0 Å². The third-order valence-corrected chi connectivity index (χ3v) is 3.37. The number of rotatable bonds is 4. The maximum absolute atomic E-state index is 5.87. The third-order valence-electron chi connectivity index (χ3n) is 3.37. The molecule has 0 aliphatic heterocycles. The lowest BCUT2D eigenvalue weighted by atomic mass is 9.98. The molecule has 0 saturated heterocycles. The molecule has 0 bridgehead atoms. The lowest BCUT2D eigenvalue weighted by Crippen LogP contribution is -2.05. The fraction of sp³-hybridized carbons (Fsp3) is 0.353. The summed E-state index contributed by atoms with van der Waals surface area (Å²) in [6, 6.07) is 9.93. The fourth-order valence-corrected chi connectivity index (χ4v) is 2.24. The number of hydrogen-bond donors (Lipinski definition) is 1. The molecule has 0 aliphatic carbocycles. The normalized spacial score (nSPS) is 12.5. The lowest BCUT2D eigenvalue weighted by Gasteiger charge is -2.12. The summed E-state index contributed by atoms with van der Waals surface area (Å²) in [5, 5.41) is 0. The molecule has 0 amide bonds. The van der Waals surface area contributed by atoms with Crippen molar-refractivity contribution in [2.75, 3.05) is 0 Å². The van der Waals surface area contributed by atoms with Crippen molar-refractivity contribution in [1.82, 2.24) is 4.98 Å². The zero-order valence-electron chi connectivity index (χ0n) is 12.6. The first-order chi connectivity index (χ1) is 9.47. The number of aromatic nitrogens is 1. The van der Waals surface area contributed by atoms with Crippen molar-refractivity contribution in [3.05, 3.63) is 53.2 Å². The molecular weight excluding hydrogens is 248 g/mol. The van der Waals surface area contributed by atoms with Gasteiger partial charge in [0.2, 0.25) is 5.88 Å². The van der Waals surface area contributed by atoms with Crippen LogP contribution in [0.5, 0.6) is 11.6 Å². The SMILES string of the molecule is Cc1cc(Oc2cc([C@@H](C)N)ccn2)ccc1C(C)C. The number of nitrogens with zero attached hydrogens (tertiary/aromatic N) is 1. The molecule has 1 aromatic heterocycles. The Labute approximate surface area is 120 Å². The first-order valence-electron chi connectivity index (χ1n) is 6.97. The molecule has 3 nitrogen and oxygen atoms in total. The van der Waals surface area contributed by atoms with Crippen LogP contribution in [0, 0.1) is 6.92 Å². The number of benzene rings is 1. The molecule has 1 atom stereocenters. The molecule has 1 aromatic carbocycles. The molecule has 2 N–H and O–H groups in total. The molecule has 106 valence electrons. The molecule has 3 heteroatoms. The van der Waals surface area contributed by atoms with Crippen molar-refractivity contribution < 1.29 is 4.74 Å². The zero-order chi connectivity index (χ0) is 14.7. The van der Waals surface area contributed by atoms with Crippen LogP contribution in [0.25, 0.3) is 0 Å². The molecule has 0 spiro atoms. The van der Waals surface area contributed by atoms with Crippen LogP contribution in [0.1, 0.15) is 49.4 Å². The summed E-state index contributed by atoms with van der Waals surface area (Å²) >= 11 is 0. The van der Waals surface area contributed by atoms with Crippen molar-refractivity contribution >= 4 is 0 Å². The zero-order valence-corrected chi connectivity index (χ0v) is 12.6. The Morgan fingerprint density at radius 2 is 1.85 bits per heavy atom. The van der Waals surface area contributed by atoms with Gasteiger partial charge in [0.1, 0.15) is 5.75 Å². The standard InChI is InChI=1S/C17H22N2O/c1-11(2)16-6-5-15(9-12(16)3)20-17-10-14(13(4)18)7-8-19-17/h5-11,13H,18H2,1-4H3/t13-/m1/s1. The van der Waals surface area contributed by atoms with Gasteiger partial charge in [-0.3, -0.25) is 0 Å². The van der Waals surface area contributed by atoms with Gasteiger partial charge in [-0.05, 0) is 54.7 Å². The van der Waals surface area contributed by atoms with Crippen LogP contribution >= 0.6 is 0 Å². The van der Waals surface area contributed by atoms with Gasteiger partial charge in [0.05, 0.1) is 0 Å². The number of aryl methyl sites for hydroxylation is 1. The quantitative estimate of drug-likeness (QED) is 0.899. The summed E-state index contributed by atoms with van der Waals surface area (Å²) in [6.07, 6.45) is 1.73. The monoisotopic (exact) mass is 270 g/mol. The number of hydrogen-bond acceptors (Lipinski definition) is 3. The van der Waals surface area contributed by atoms with E-state index < -0.39 is 0 Å². The van der Waals surface area contributed by atoms with Gasteiger partial charge in [-0.15, -0.1) is 0 Å². The Hall–Kier alpha value is -1.87. The lowest BCUT2D eigenvalue weighted by molar-refractivity contribution is 0.461. The van der Waals surface area contributed by atoms with Crippen LogP contribution in [0.2, 0.25) is 0 Å². The Morgan fingerprint density at radius 3 is 2.45 bits per heavy atom. The minimum atomic E-state index is -0.0228. The van der Waals surface area contributed by atoms with Crippen molar-refractivity contribution in [1.29, 1.82) is 0 Å². The van der Waals surface area contributed by atoms with E-state index in [4.69, 9.17) is 10.5 Å². The Morgan fingerprint density at radius 1 is 1.10 bits per heavy atom. The summed E-state index contributed by atoms with van der Waals surface area (Å²) in [5.74, 6) is 1.90. The highest BCUT2D eigenvalue weighted by Crippen LogP contribution is 2.27. The van der Waals surface area contributed by atoms with Crippen LogP contribution in [0.4, 0.5) is 0 Å². The van der Waals surface area contributed by atoms with Crippen molar-refractivity contribution in [2.45, 2.75) is 39.7 Å². The molecule has 0 unspecified atom stereocenters. The van der Waals surface area contributed by atoms with Gasteiger partial charge in [0.15, 0.2) is 0 Å². The minimum Gasteiger partial charge on any atom is -0.439 e. The maximum Gasteiger partial charge on any atom is 0.219 e. The number of nitrogens with two attached hydrogens (primary N) is 1. The van der Waals surface area contributed by atoms with E-state index >= 15 is 0 Å². The Kier molecular flexibility index (Phi) is 4.40. The second-order valence-corrected chi connectivity index (χ2v) is 5.49. The molecule has 0 fully saturated rings. The molecular formula is C17H22N2O. The van der Waals surface area contributed by atoms with Gasteiger partial charge in [-0.25, -0.2) is 4.98 Å². The smallest absolute Gasteiger partial charge is 0.219 e. The van der Waals surface area contributed by atoms with Gasteiger partial charge >= 0.3 is 0 Å². The molecule has 1 heterocycles. The predicted octanol–water partition coefficient (Wildman–Crippen LogP) is 4.33. The van der Waals surface area contributed by atoms with Crippen LogP contribution < -0.4 is 10.5 Å². The van der Waals surface area contributed by atoms with Crippen molar-refractivity contribution in [3.8, 4) is 11.6 Å². The van der Waals surface area contributed by atoms with Crippen LogP contribution in [0.3, 0.4) is 0 Å². The van der Waals surface area contributed by atoms with E-state index in [-0.39, 0.29) is 6.04 Å². The molecule has 0 saturated carbocycles. The first-order valence-corrected chi connectivity index (χ1v) is 6.97. The average Bonchev–Trinajstić information content (AvgIpc) is 2.38. The molecule has 0 radical (unpaired) electrons. The fourth-order valence-electron chi connectivity index (χ4n) is 2.24. The summed E-state index contributed by atoms with van der Waals surface area (Å²) in [6.45, 7) is 8.43. The Balaban J connectivity index is 2.22. The van der Waals surface area contributed by atoms with E-state index in [2.05, 4.69) is 37.9 Å². The van der Waals surface area contributed by atoms with E-state index in [1.54, 1.807) is 6.20 Å². The topological polar surface area (TPSA) is 48.1 Å². The van der Waals surface area contributed by atoms with E-state index in [1.807, 2.05) is 25.1 Å². The highest BCUT2D eigenvalue weighted by atomic mass is 16.5. The molecule has 2 aromatic rings. The number of pyridine rings is 1.